The average molecular weight is 484 g/mol. The van der Waals surface area contributed by atoms with Gasteiger partial charge in [-0.2, -0.15) is 5.10 Å². The van der Waals surface area contributed by atoms with Gasteiger partial charge in [-0.15, -0.1) is 0 Å². The molecule has 0 bridgehead atoms. The van der Waals surface area contributed by atoms with Crippen molar-refractivity contribution in [2.45, 2.75) is 32.4 Å². The van der Waals surface area contributed by atoms with Gasteiger partial charge in [0.25, 0.3) is 5.91 Å². The third kappa shape index (κ3) is 5.37. The Morgan fingerprint density at radius 1 is 1.08 bits per heavy atom. The zero-order valence-electron chi connectivity index (χ0n) is 20.2. The summed E-state index contributed by atoms with van der Waals surface area (Å²) >= 11 is 0. The fourth-order valence-electron chi connectivity index (χ4n) is 4.39. The molecule has 0 radical (unpaired) electrons. The van der Waals surface area contributed by atoms with Gasteiger partial charge in [0.15, 0.2) is 0 Å². The van der Waals surface area contributed by atoms with E-state index in [9.17, 15) is 9.18 Å². The van der Waals surface area contributed by atoms with Crippen LogP contribution in [0, 0.1) is 18.7 Å². The van der Waals surface area contributed by atoms with Crippen LogP contribution in [0.4, 0.5) is 10.1 Å². The molecule has 4 aromatic rings. The minimum atomic E-state index is -0.310. The van der Waals surface area contributed by atoms with Gasteiger partial charge in [-0.05, 0) is 79.8 Å². The topological polar surface area (TPSA) is 85.0 Å². The second-order valence-corrected chi connectivity index (χ2v) is 9.34. The Bertz CT molecular complexity index is 1380. The number of carbonyl (C=O) groups excluding carboxylic acids is 1. The summed E-state index contributed by atoms with van der Waals surface area (Å²) in [5, 5.41) is 11.1. The number of anilines is 1. The van der Waals surface area contributed by atoms with Gasteiger partial charge in [-0.1, -0.05) is 42.5 Å². The molecule has 7 heteroatoms. The highest BCUT2D eigenvalue weighted by Crippen LogP contribution is 2.31. The molecule has 1 unspecified atom stereocenters. The minimum Gasteiger partial charge on any atom is -0.326 e. The summed E-state index contributed by atoms with van der Waals surface area (Å²) in [6.07, 6.45) is 2.41. The highest BCUT2D eigenvalue weighted by atomic mass is 19.1. The number of rotatable bonds is 9. The number of hydrogen-bond donors (Lipinski definition) is 3. The lowest BCUT2D eigenvalue weighted by molar-refractivity contribution is 0.101. The van der Waals surface area contributed by atoms with Crippen molar-refractivity contribution < 1.29 is 9.18 Å². The van der Waals surface area contributed by atoms with Crippen LogP contribution in [0.2, 0.25) is 0 Å². The van der Waals surface area contributed by atoms with Crippen LogP contribution in [0.3, 0.4) is 0 Å². The lowest BCUT2D eigenvalue weighted by Gasteiger charge is -2.21. The van der Waals surface area contributed by atoms with E-state index in [1.54, 1.807) is 16.8 Å². The first kappa shape index (κ1) is 23.9. The first-order chi connectivity index (χ1) is 17.5. The fourth-order valence-corrected chi connectivity index (χ4v) is 4.39. The number of amides is 1. The van der Waals surface area contributed by atoms with E-state index in [4.69, 9.17) is 5.73 Å². The Kier molecular flexibility index (Phi) is 6.93. The number of nitrogens with two attached hydrogens (primary N) is 1. The van der Waals surface area contributed by atoms with Crippen LogP contribution in [0.5, 0.6) is 0 Å². The molecule has 5 rings (SSSR count). The van der Waals surface area contributed by atoms with Crippen molar-refractivity contribution in [2.75, 3.05) is 11.9 Å². The summed E-state index contributed by atoms with van der Waals surface area (Å²) in [7, 11) is 0. The molecule has 1 aliphatic rings. The van der Waals surface area contributed by atoms with Gasteiger partial charge in [0, 0.05) is 17.8 Å². The normalized spacial score (nSPS) is 14.0. The molecule has 0 saturated heterocycles. The number of nitrogens with zero attached hydrogens (tertiary/aromatic N) is 2. The van der Waals surface area contributed by atoms with Crippen molar-refractivity contribution in [3.05, 3.63) is 113 Å². The summed E-state index contributed by atoms with van der Waals surface area (Å²) in [5.41, 5.74) is 10.8. The molecule has 36 heavy (non-hydrogen) atoms. The van der Waals surface area contributed by atoms with Crippen LogP contribution in [0.25, 0.3) is 5.69 Å². The van der Waals surface area contributed by atoms with Gasteiger partial charge < -0.3 is 16.4 Å². The number of hydrogen-bond acceptors (Lipinski definition) is 4. The van der Waals surface area contributed by atoms with Crippen LogP contribution in [-0.4, -0.2) is 22.2 Å². The van der Waals surface area contributed by atoms with Gasteiger partial charge in [0.05, 0.1) is 17.4 Å². The third-order valence-corrected chi connectivity index (χ3v) is 6.46. The predicted molar refractivity (Wildman–Crippen MR) is 140 cm³/mol. The van der Waals surface area contributed by atoms with Gasteiger partial charge in [-0.25, -0.2) is 9.07 Å². The van der Waals surface area contributed by atoms with Crippen LogP contribution in [0.1, 0.15) is 51.8 Å². The molecule has 0 aliphatic heterocycles. The molecule has 184 valence electrons. The molecule has 1 saturated carbocycles. The third-order valence-electron chi connectivity index (χ3n) is 6.46. The second kappa shape index (κ2) is 10.4. The molecule has 1 aromatic heterocycles. The van der Waals surface area contributed by atoms with Crippen LogP contribution < -0.4 is 16.4 Å². The second-order valence-electron chi connectivity index (χ2n) is 9.34. The van der Waals surface area contributed by atoms with Gasteiger partial charge in [-0.3, -0.25) is 4.79 Å². The molecule has 1 fully saturated rings. The Hall–Kier alpha value is -3.81. The van der Waals surface area contributed by atoms with Gasteiger partial charge in [0.1, 0.15) is 11.5 Å². The molecule has 1 amide bonds. The van der Waals surface area contributed by atoms with Crippen LogP contribution >= 0.6 is 0 Å². The summed E-state index contributed by atoms with van der Waals surface area (Å²) < 4.78 is 16.4. The average Bonchev–Trinajstić information content (AvgIpc) is 3.64. The van der Waals surface area contributed by atoms with Crippen molar-refractivity contribution in [3.8, 4) is 5.69 Å². The smallest absolute Gasteiger partial charge is 0.274 e. The zero-order valence-corrected chi connectivity index (χ0v) is 20.2. The van der Waals surface area contributed by atoms with Crippen molar-refractivity contribution in [2.24, 2.45) is 11.7 Å². The molecule has 1 heterocycles. The number of carbonyl (C=O) groups is 1. The van der Waals surface area contributed by atoms with E-state index >= 15 is 0 Å². The number of halogens is 1. The molecule has 4 N–H and O–H groups in total. The Morgan fingerprint density at radius 2 is 1.89 bits per heavy atom. The van der Waals surface area contributed by atoms with E-state index in [1.165, 1.54) is 18.9 Å². The highest BCUT2D eigenvalue weighted by molar-refractivity contribution is 6.03. The van der Waals surface area contributed by atoms with Crippen molar-refractivity contribution >= 4 is 11.6 Å². The van der Waals surface area contributed by atoms with Crippen molar-refractivity contribution in [1.29, 1.82) is 0 Å². The molecule has 6 nitrogen and oxygen atoms in total. The van der Waals surface area contributed by atoms with Gasteiger partial charge in [0.2, 0.25) is 0 Å². The van der Waals surface area contributed by atoms with E-state index in [1.807, 2.05) is 67.6 Å². The largest absolute Gasteiger partial charge is 0.326 e. The first-order valence-electron chi connectivity index (χ1n) is 12.3. The fraction of sp³-hybridized carbons (Fsp3) is 0.241. The number of aryl methyl sites for hydroxylation is 1. The van der Waals surface area contributed by atoms with Crippen LogP contribution in [0.15, 0.2) is 78.9 Å². The maximum absolute atomic E-state index is 14.7. The first-order valence-corrected chi connectivity index (χ1v) is 12.3. The van der Waals surface area contributed by atoms with E-state index in [2.05, 4.69) is 15.7 Å². The molecule has 0 spiro atoms. The minimum absolute atomic E-state index is 0.251. The highest BCUT2D eigenvalue weighted by Gasteiger charge is 2.25. The Balaban J connectivity index is 1.42. The molecule has 3 aromatic carbocycles. The van der Waals surface area contributed by atoms with E-state index in [0.29, 0.717) is 29.4 Å². The van der Waals surface area contributed by atoms with E-state index in [-0.39, 0.29) is 17.8 Å². The van der Waals surface area contributed by atoms with Gasteiger partial charge >= 0.3 is 0 Å². The summed E-state index contributed by atoms with van der Waals surface area (Å²) in [6.45, 7) is 3.08. The van der Waals surface area contributed by atoms with Crippen molar-refractivity contribution in [1.82, 2.24) is 15.1 Å². The number of aromatic nitrogens is 2. The zero-order chi connectivity index (χ0) is 25.1. The van der Waals surface area contributed by atoms with E-state index < -0.39 is 0 Å². The number of benzene rings is 3. The SMILES string of the molecule is Cc1cc(C(=O)Nc2cccc(C(NCC3CC3)c3ccccc3F)c2)n(-c2cccc(CN)c2)n1. The predicted octanol–water partition coefficient (Wildman–Crippen LogP) is 5.12. The number of nitrogens with one attached hydrogen (secondary N) is 2. The summed E-state index contributed by atoms with van der Waals surface area (Å²) in [5.74, 6) is 0.113. The molecule has 1 atom stereocenters. The Morgan fingerprint density at radius 3 is 2.67 bits per heavy atom. The van der Waals surface area contributed by atoms with Crippen LogP contribution in [-0.2, 0) is 6.54 Å². The molecular weight excluding hydrogens is 453 g/mol. The maximum atomic E-state index is 14.7. The van der Waals surface area contributed by atoms with Crippen molar-refractivity contribution in [3.63, 3.8) is 0 Å². The Labute approximate surface area is 210 Å². The standard InChI is InChI=1S/C29H30FN5O/c1-19-14-27(35(34-19)24-9-4-6-21(15-24)17-31)29(36)33-23-8-5-7-22(16-23)28(32-18-20-12-13-20)25-10-2-3-11-26(25)30/h2-11,14-16,20,28,32H,12-13,17-18,31H2,1H3,(H,33,36). The summed E-state index contributed by atoms with van der Waals surface area (Å²) in [4.78, 5) is 13.3. The molecular formula is C29H30FN5O. The lowest BCUT2D eigenvalue weighted by Crippen LogP contribution is -2.25. The van der Waals surface area contributed by atoms with E-state index in [0.717, 1.165) is 29.1 Å². The molecule has 1 aliphatic carbocycles. The maximum Gasteiger partial charge on any atom is 0.274 e. The monoisotopic (exact) mass is 483 g/mol. The quantitative estimate of drug-likeness (QED) is 0.309. The summed E-state index contributed by atoms with van der Waals surface area (Å²) in [6, 6.07) is 23.5. The lowest BCUT2D eigenvalue weighted by atomic mass is 9.97.